The molecule has 6 heteroatoms. The highest BCUT2D eigenvalue weighted by Gasteiger charge is 2.32. The smallest absolute Gasteiger partial charge is 0.341 e. The van der Waals surface area contributed by atoms with Crippen molar-refractivity contribution in [2.24, 2.45) is 5.92 Å². The van der Waals surface area contributed by atoms with Crippen LogP contribution in [0.1, 0.15) is 29.8 Å². The number of halogens is 4. The molecule has 0 fully saturated rings. The van der Waals surface area contributed by atoms with E-state index in [4.69, 9.17) is 0 Å². The lowest BCUT2D eigenvalue weighted by Gasteiger charge is -2.20. The van der Waals surface area contributed by atoms with Gasteiger partial charge in [0.1, 0.15) is 0 Å². The predicted octanol–water partition coefficient (Wildman–Crippen LogP) is 4.20. The van der Waals surface area contributed by atoms with Crippen LogP contribution in [0, 0.1) is 5.92 Å². The normalized spacial score (nSPS) is 11.8. The Labute approximate surface area is 118 Å². The third kappa shape index (κ3) is 4.23. The maximum Gasteiger partial charge on any atom is 0.416 e. The molecule has 1 aromatic rings. The summed E-state index contributed by atoms with van der Waals surface area (Å²) in [6.07, 6.45) is -4.45. The molecular formula is C13H15BrF3NO. The van der Waals surface area contributed by atoms with Gasteiger partial charge >= 0.3 is 6.18 Å². The van der Waals surface area contributed by atoms with Gasteiger partial charge in [0.15, 0.2) is 0 Å². The van der Waals surface area contributed by atoms with Crippen molar-refractivity contribution < 1.29 is 18.0 Å². The van der Waals surface area contributed by atoms with Gasteiger partial charge in [0.05, 0.1) is 11.1 Å². The van der Waals surface area contributed by atoms with Gasteiger partial charge in [-0.2, -0.15) is 13.2 Å². The summed E-state index contributed by atoms with van der Waals surface area (Å²) in [7, 11) is 1.58. The van der Waals surface area contributed by atoms with Gasteiger partial charge in [0, 0.05) is 18.1 Å². The Morgan fingerprint density at radius 1 is 1.37 bits per heavy atom. The maximum atomic E-state index is 12.6. The predicted molar refractivity (Wildman–Crippen MR) is 70.9 cm³/mol. The van der Waals surface area contributed by atoms with E-state index in [0.717, 1.165) is 12.1 Å². The number of hydrogen-bond donors (Lipinski definition) is 0. The quantitative estimate of drug-likeness (QED) is 0.809. The van der Waals surface area contributed by atoms with Crippen molar-refractivity contribution in [2.45, 2.75) is 20.0 Å². The number of hydrogen-bond acceptors (Lipinski definition) is 1. The number of benzene rings is 1. The van der Waals surface area contributed by atoms with E-state index in [9.17, 15) is 18.0 Å². The fourth-order valence-electron chi connectivity index (χ4n) is 1.70. The highest BCUT2D eigenvalue weighted by atomic mass is 79.9. The van der Waals surface area contributed by atoms with Crippen LogP contribution in [0.4, 0.5) is 13.2 Å². The molecule has 0 unspecified atom stereocenters. The summed E-state index contributed by atoms with van der Waals surface area (Å²) in [5.41, 5.74) is -0.796. The summed E-state index contributed by atoms with van der Waals surface area (Å²) in [6.45, 7) is 4.36. The van der Waals surface area contributed by atoms with Crippen molar-refractivity contribution >= 4 is 21.8 Å². The van der Waals surface area contributed by atoms with Crippen molar-refractivity contribution in [2.75, 3.05) is 13.6 Å². The average molecular weight is 338 g/mol. The maximum absolute atomic E-state index is 12.6. The van der Waals surface area contributed by atoms with Gasteiger partial charge in [-0.15, -0.1) is 0 Å². The Hall–Kier alpha value is -1.04. The molecule has 0 radical (unpaired) electrons. The van der Waals surface area contributed by atoms with Crippen LogP contribution < -0.4 is 0 Å². The first-order chi connectivity index (χ1) is 8.62. The van der Waals surface area contributed by atoms with E-state index in [1.54, 1.807) is 7.05 Å². The molecule has 1 rings (SSSR count). The van der Waals surface area contributed by atoms with Crippen molar-refractivity contribution in [3.05, 3.63) is 33.8 Å². The van der Waals surface area contributed by atoms with Crippen LogP contribution in [0.25, 0.3) is 0 Å². The molecule has 0 bridgehead atoms. The number of carbonyl (C=O) groups is 1. The van der Waals surface area contributed by atoms with Crippen molar-refractivity contribution in [3.8, 4) is 0 Å². The molecular weight excluding hydrogens is 323 g/mol. The molecule has 0 aliphatic carbocycles. The van der Waals surface area contributed by atoms with Gasteiger partial charge in [-0.3, -0.25) is 4.79 Å². The van der Waals surface area contributed by atoms with Crippen LogP contribution in [0.2, 0.25) is 0 Å². The zero-order valence-electron chi connectivity index (χ0n) is 10.9. The molecule has 0 aliphatic heterocycles. The van der Waals surface area contributed by atoms with Crippen LogP contribution in [-0.4, -0.2) is 24.4 Å². The zero-order valence-corrected chi connectivity index (χ0v) is 12.5. The highest BCUT2D eigenvalue weighted by molar-refractivity contribution is 9.10. The minimum Gasteiger partial charge on any atom is -0.341 e. The van der Waals surface area contributed by atoms with Gasteiger partial charge in [0.25, 0.3) is 5.91 Å². The molecule has 106 valence electrons. The SMILES string of the molecule is CC(C)CN(C)C(=O)c1cc(C(F)(F)F)ccc1Br. The van der Waals surface area contributed by atoms with E-state index in [2.05, 4.69) is 15.9 Å². The molecule has 0 saturated carbocycles. The van der Waals surface area contributed by atoms with Crippen molar-refractivity contribution in [3.63, 3.8) is 0 Å². The van der Waals surface area contributed by atoms with Gasteiger partial charge in [0.2, 0.25) is 0 Å². The largest absolute Gasteiger partial charge is 0.416 e. The summed E-state index contributed by atoms with van der Waals surface area (Å²) in [5.74, 6) is -0.176. The Morgan fingerprint density at radius 3 is 2.42 bits per heavy atom. The van der Waals surface area contributed by atoms with Gasteiger partial charge in [-0.05, 0) is 40.0 Å². The lowest BCUT2D eigenvalue weighted by atomic mass is 10.1. The minimum absolute atomic E-state index is 0.0259. The van der Waals surface area contributed by atoms with Gasteiger partial charge < -0.3 is 4.90 Å². The van der Waals surface area contributed by atoms with E-state index in [1.807, 2.05) is 13.8 Å². The first-order valence-corrected chi connectivity index (χ1v) is 6.54. The van der Waals surface area contributed by atoms with E-state index < -0.39 is 17.6 Å². The summed E-state index contributed by atoms with van der Waals surface area (Å²) in [6, 6.07) is 3.08. The molecule has 19 heavy (non-hydrogen) atoms. The number of alkyl halides is 3. The third-order valence-corrected chi connectivity index (χ3v) is 3.20. The second-order valence-electron chi connectivity index (χ2n) is 4.77. The molecule has 0 spiro atoms. The Morgan fingerprint density at radius 2 is 1.95 bits per heavy atom. The average Bonchev–Trinajstić information content (AvgIpc) is 2.26. The zero-order chi connectivity index (χ0) is 14.8. The Kier molecular flexibility index (Phi) is 5.01. The Balaban J connectivity index is 3.09. The molecule has 0 heterocycles. The fourth-order valence-corrected chi connectivity index (χ4v) is 2.12. The van der Waals surface area contributed by atoms with E-state index >= 15 is 0 Å². The summed E-state index contributed by atoms with van der Waals surface area (Å²) in [5, 5.41) is 0. The second kappa shape index (κ2) is 5.94. The summed E-state index contributed by atoms with van der Waals surface area (Å²) in [4.78, 5) is 13.5. The van der Waals surface area contributed by atoms with E-state index in [-0.39, 0.29) is 11.5 Å². The topological polar surface area (TPSA) is 20.3 Å². The van der Waals surface area contributed by atoms with Crippen LogP contribution >= 0.6 is 15.9 Å². The fraction of sp³-hybridized carbons (Fsp3) is 0.462. The minimum atomic E-state index is -4.45. The molecule has 0 N–H and O–H groups in total. The van der Waals surface area contributed by atoms with Crippen molar-refractivity contribution in [1.82, 2.24) is 4.90 Å². The third-order valence-electron chi connectivity index (χ3n) is 2.51. The Bertz CT molecular complexity index is 471. The van der Waals surface area contributed by atoms with Gasteiger partial charge in [-0.1, -0.05) is 13.8 Å². The molecule has 0 aliphatic rings. The summed E-state index contributed by atoms with van der Waals surface area (Å²) >= 11 is 3.12. The van der Waals surface area contributed by atoms with Crippen LogP contribution in [0.5, 0.6) is 0 Å². The molecule has 0 saturated heterocycles. The highest BCUT2D eigenvalue weighted by Crippen LogP contribution is 2.32. The summed E-state index contributed by atoms with van der Waals surface area (Å²) < 4.78 is 38.3. The molecule has 0 aromatic heterocycles. The lowest BCUT2D eigenvalue weighted by Crippen LogP contribution is -2.30. The van der Waals surface area contributed by atoms with E-state index in [0.29, 0.717) is 11.0 Å². The number of amides is 1. The molecule has 2 nitrogen and oxygen atoms in total. The first-order valence-electron chi connectivity index (χ1n) is 5.75. The second-order valence-corrected chi connectivity index (χ2v) is 5.63. The molecule has 1 amide bonds. The number of nitrogens with zero attached hydrogens (tertiary/aromatic N) is 1. The number of carbonyl (C=O) groups excluding carboxylic acids is 1. The molecule has 0 atom stereocenters. The monoisotopic (exact) mass is 337 g/mol. The standard InChI is InChI=1S/C13H15BrF3NO/c1-8(2)7-18(3)12(19)10-6-9(13(15,16)17)4-5-11(10)14/h4-6,8H,7H2,1-3H3. The van der Waals surface area contributed by atoms with Crippen LogP contribution in [0.15, 0.2) is 22.7 Å². The van der Waals surface area contributed by atoms with Crippen LogP contribution in [-0.2, 0) is 6.18 Å². The van der Waals surface area contributed by atoms with Crippen molar-refractivity contribution in [1.29, 1.82) is 0 Å². The molecule has 1 aromatic carbocycles. The lowest BCUT2D eigenvalue weighted by molar-refractivity contribution is -0.137. The van der Waals surface area contributed by atoms with Crippen LogP contribution in [0.3, 0.4) is 0 Å². The van der Waals surface area contributed by atoms with E-state index in [1.165, 1.54) is 11.0 Å². The number of rotatable bonds is 3. The van der Waals surface area contributed by atoms with Gasteiger partial charge in [-0.25, -0.2) is 0 Å². The first kappa shape index (κ1) is 16.0.